The van der Waals surface area contributed by atoms with E-state index in [1.807, 2.05) is 84.9 Å². The van der Waals surface area contributed by atoms with Gasteiger partial charge < -0.3 is 9.47 Å². The van der Waals surface area contributed by atoms with Crippen molar-refractivity contribution in [3.63, 3.8) is 0 Å². The Morgan fingerprint density at radius 3 is 1.26 bits per heavy atom. The molecule has 0 atom stereocenters. The normalized spacial score (nSPS) is 10.8. The zero-order chi connectivity index (χ0) is 23.3. The minimum absolute atomic E-state index is 0.388. The van der Waals surface area contributed by atoms with Gasteiger partial charge in [0, 0.05) is 21.9 Å². The molecule has 0 amide bonds. The molecule has 5 aromatic carbocycles. The van der Waals surface area contributed by atoms with E-state index in [1.165, 1.54) is 0 Å². The topological polar surface area (TPSA) is 52.6 Å². The molecule has 4 heteroatoms. The summed E-state index contributed by atoms with van der Waals surface area (Å²) >= 11 is 0. The lowest BCUT2D eigenvalue weighted by Gasteiger charge is -2.12. The van der Waals surface area contributed by atoms with Crippen LogP contribution in [0, 0.1) is 0 Å². The summed E-state index contributed by atoms with van der Waals surface area (Å²) in [5.41, 5.74) is 3.26. The quantitative estimate of drug-likeness (QED) is 0.247. The van der Waals surface area contributed by atoms with Gasteiger partial charge in [0.25, 0.3) is 0 Å². The highest BCUT2D eigenvalue weighted by molar-refractivity contribution is 6.02. The van der Waals surface area contributed by atoms with Crippen molar-refractivity contribution >= 4 is 34.1 Å². The number of aldehydes is 2. The number of ether oxygens (including phenoxy) is 2. The Kier molecular flexibility index (Phi) is 6.04. The molecule has 0 unspecified atom stereocenters. The van der Waals surface area contributed by atoms with Gasteiger partial charge in [-0.3, -0.25) is 9.59 Å². The van der Waals surface area contributed by atoms with E-state index >= 15 is 0 Å². The number of carbonyl (C=O) groups is 2. The molecule has 0 saturated carbocycles. The van der Waals surface area contributed by atoms with Crippen molar-refractivity contribution in [3.8, 4) is 11.5 Å². The molecule has 0 radical (unpaired) electrons. The first-order chi connectivity index (χ1) is 16.8. The maximum atomic E-state index is 11.5. The molecule has 0 fully saturated rings. The first kappa shape index (κ1) is 21.4. The van der Waals surface area contributed by atoms with E-state index in [0.29, 0.717) is 35.8 Å². The van der Waals surface area contributed by atoms with Crippen LogP contribution in [0.25, 0.3) is 21.5 Å². The Bertz CT molecular complexity index is 1360. The van der Waals surface area contributed by atoms with Crippen LogP contribution in [0.1, 0.15) is 31.8 Å². The molecule has 0 bridgehead atoms. The Labute approximate surface area is 197 Å². The zero-order valence-electron chi connectivity index (χ0n) is 18.4. The fourth-order valence-electron chi connectivity index (χ4n) is 4.16. The van der Waals surface area contributed by atoms with Crippen molar-refractivity contribution in [3.05, 3.63) is 119 Å². The molecule has 0 heterocycles. The van der Waals surface area contributed by atoms with E-state index in [9.17, 15) is 9.59 Å². The average Bonchev–Trinajstić information content (AvgIpc) is 2.90. The Morgan fingerprint density at radius 2 is 0.882 bits per heavy atom. The highest BCUT2D eigenvalue weighted by atomic mass is 16.5. The second-order valence-electron chi connectivity index (χ2n) is 8.03. The number of hydrogen-bond donors (Lipinski definition) is 0. The highest BCUT2D eigenvalue weighted by Gasteiger charge is 2.09. The molecule has 0 spiro atoms. The molecule has 0 aliphatic carbocycles. The van der Waals surface area contributed by atoms with Gasteiger partial charge >= 0.3 is 0 Å². The summed E-state index contributed by atoms with van der Waals surface area (Å²) in [7, 11) is 0. The van der Waals surface area contributed by atoms with Crippen LogP contribution in [0.3, 0.4) is 0 Å². The molecule has 166 valence electrons. The lowest BCUT2D eigenvalue weighted by Crippen LogP contribution is -2.00. The lowest BCUT2D eigenvalue weighted by atomic mass is 10.0. The van der Waals surface area contributed by atoms with Gasteiger partial charge in [0.15, 0.2) is 12.6 Å². The van der Waals surface area contributed by atoms with Crippen molar-refractivity contribution < 1.29 is 19.1 Å². The summed E-state index contributed by atoms with van der Waals surface area (Å²) in [6, 6.07) is 30.9. The molecule has 4 nitrogen and oxygen atoms in total. The zero-order valence-corrected chi connectivity index (χ0v) is 18.4. The molecule has 34 heavy (non-hydrogen) atoms. The summed E-state index contributed by atoms with van der Waals surface area (Å²) < 4.78 is 12.1. The molecule has 0 aliphatic rings. The van der Waals surface area contributed by atoms with Crippen LogP contribution >= 0.6 is 0 Å². The number of benzene rings is 5. The summed E-state index contributed by atoms with van der Waals surface area (Å²) in [4.78, 5) is 22.9. The average molecular weight is 447 g/mol. The minimum atomic E-state index is 0.388. The third-order valence-electron chi connectivity index (χ3n) is 5.86. The predicted octanol–water partition coefficient (Wildman–Crippen LogP) is 6.78. The van der Waals surface area contributed by atoms with E-state index < -0.39 is 0 Å². The van der Waals surface area contributed by atoms with Crippen molar-refractivity contribution in [2.45, 2.75) is 13.2 Å². The van der Waals surface area contributed by atoms with Gasteiger partial charge in [0.1, 0.15) is 24.7 Å². The van der Waals surface area contributed by atoms with Crippen LogP contribution in [0.4, 0.5) is 0 Å². The summed E-state index contributed by atoms with van der Waals surface area (Å²) in [6.07, 6.45) is 1.72. The lowest BCUT2D eigenvalue weighted by molar-refractivity contribution is 0.111. The fraction of sp³-hybridized carbons (Fsp3) is 0.0667. The number of hydrogen-bond acceptors (Lipinski definition) is 4. The van der Waals surface area contributed by atoms with Crippen LogP contribution in [0.2, 0.25) is 0 Å². The van der Waals surface area contributed by atoms with Crippen molar-refractivity contribution in [2.24, 2.45) is 0 Å². The molecule has 0 N–H and O–H groups in total. The van der Waals surface area contributed by atoms with E-state index in [-0.39, 0.29) is 0 Å². The Morgan fingerprint density at radius 1 is 0.500 bits per heavy atom. The van der Waals surface area contributed by atoms with Crippen LogP contribution in [0.15, 0.2) is 97.1 Å². The molecule has 0 aliphatic heterocycles. The number of carbonyl (C=O) groups excluding carboxylic acids is 2. The first-order valence-electron chi connectivity index (χ1n) is 11.0. The molecule has 0 aromatic heterocycles. The number of rotatable bonds is 8. The summed E-state index contributed by atoms with van der Waals surface area (Å²) in [6.45, 7) is 0.777. The van der Waals surface area contributed by atoms with Crippen LogP contribution < -0.4 is 9.47 Å². The van der Waals surface area contributed by atoms with E-state index in [2.05, 4.69) is 0 Å². The van der Waals surface area contributed by atoms with Gasteiger partial charge in [-0.1, -0.05) is 84.9 Å². The van der Waals surface area contributed by atoms with E-state index in [4.69, 9.17) is 9.47 Å². The second kappa shape index (κ2) is 9.59. The molecular formula is C30H22O4. The van der Waals surface area contributed by atoms with Crippen LogP contribution in [-0.4, -0.2) is 12.6 Å². The highest BCUT2D eigenvalue weighted by Crippen LogP contribution is 2.30. The third-order valence-corrected chi connectivity index (χ3v) is 5.86. The van der Waals surface area contributed by atoms with E-state index in [1.54, 1.807) is 12.1 Å². The van der Waals surface area contributed by atoms with E-state index in [0.717, 1.165) is 45.2 Å². The Balaban J connectivity index is 1.29. The molecular weight excluding hydrogens is 424 g/mol. The SMILES string of the molecule is O=Cc1cccc2cccc(OCc3ccc(COc4cccc5cccc(C=O)c45)cc3)c12. The van der Waals surface area contributed by atoms with Crippen molar-refractivity contribution in [1.82, 2.24) is 0 Å². The monoisotopic (exact) mass is 446 g/mol. The summed E-state index contributed by atoms with van der Waals surface area (Å²) in [5, 5.41) is 3.60. The third kappa shape index (κ3) is 4.26. The van der Waals surface area contributed by atoms with Gasteiger partial charge in [0.05, 0.1) is 0 Å². The Hall–Kier alpha value is -4.44. The smallest absolute Gasteiger partial charge is 0.150 e. The van der Waals surface area contributed by atoms with Crippen LogP contribution in [0.5, 0.6) is 11.5 Å². The molecule has 5 rings (SSSR count). The maximum absolute atomic E-state index is 11.5. The second-order valence-corrected chi connectivity index (χ2v) is 8.03. The van der Waals surface area contributed by atoms with Gasteiger partial charge in [-0.2, -0.15) is 0 Å². The standard InChI is InChI=1S/C30H22O4/c31-17-25-9-1-5-23-7-3-11-27(29(23)25)33-19-21-13-15-22(16-14-21)20-34-28-12-4-8-24-6-2-10-26(18-32)30(24)28/h1-18H,19-20H2. The van der Waals surface area contributed by atoms with Crippen molar-refractivity contribution in [1.29, 1.82) is 0 Å². The minimum Gasteiger partial charge on any atom is -0.488 e. The predicted molar refractivity (Wildman–Crippen MR) is 134 cm³/mol. The first-order valence-corrected chi connectivity index (χ1v) is 11.0. The van der Waals surface area contributed by atoms with Gasteiger partial charge in [-0.15, -0.1) is 0 Å². The largest absolute Gasteiger partial charge is 0.488 e. The number of fused-ring (bicyclic) bond motifs is 2. The van der Waals surface area contributed by atoms with Gasteiger partial charge in [0.2, 0.25) is 0 Å². The van der Waals surface area contributed by atoms with Crippen LogP contribution in [-0.2, 0) is 13.2 Å². The van der Waals surface area contributed by atoms with Gasteiger partial charge in [-0.25, -0.2) is 0 Å². The van der Waals surface area contributed by atoms with Gasteiger partial charge in [-0.05, 0) is 34.0 Å². The maximum Gasteiger partial charge on any atom is 0.150 e. The molecule has 5 aromatic rings. The van der Waals surface area contributed by atoms with Crippen molar-refractivity contribution in [2.75, 3.05) is 0 Å². The summed E-state index contributed by atoms with van der Waals surface area (Å²) in [5.74, 6) is 1.38. The molecule has 0 saturated heterocycles. The fourth-order valence-corrected chi connectivity index (χ4v) is 4.16.